The predicted molar refractivity (Wildman–Crippen MR) is 15.4 cm³/mol. The Morgan fingerprint density at radius 1 is 0.429 bits per heavy atom. The van der Waals surface area contributed by atoms with Crippen LogP contribution in [0.15, 0.2) is 0 Å². The second-order valence-electron chi connectivity index (χ2n) is 0. The zero-order valence-corrected chi connectivity index (χ0v) is 6.83. The van der Waals surface area contributed by atoms with Crippen LogP contribution in [0.2, 0.25) is 0 Å². The summed E-state index contributed by atoms with van der Waals surface area (Å²) >= 11 is 0. The zero-order chi connectivity index (χ0) is 0. The molecule has 0 atom stereocenters. The molecular weight excluding hydrogens is 301 g/mol. The molecule has 0 aromatic carbocycles. The second-order valence-corrected chi connectivity index (χ2v) is 0. The van der Waals surface area contributed by atoms with Crippen LogP contribution in [0.5, 0.6) is 0 Å². The van der Waals surface area contributed by atoms with Gasteiger partial charge in [-0.3, -0.25) is 0 Å². The van der Waals surface area contributed by atoms with Crippen LogP contribution in [0.3, 0.4) is 0 Å². The molecule has 0 heterocycles. The molecule has 0 aromatic rings. The van der Waals surface area contributed by atoms with Gasteiger partial charge in [0.05, 0.1) is 0 Å². The average molecular weight is 306 g/mol. The monoisotopic (exact) mass is 306 g/mol. The van der Waals surface area contributed by atoms with Gasteiger partial charge >= 0.3 is 45.4 Å². The molecule has 7 heteroatoms. The summed E-state index contributed by atoms with van der Waals surface area (Å²) in [6, 6.07) is 0. The Hall–Kier alpha value is 1.31. The van der Waals surface area contributed by atoms with Crippen molar-refractivity contribution in [3.63, 3.8) is 0 Å². The molecule has 0 amide bonds. The van der Waals surface area contributed by atoms with Crippen LogP contribution in [-0.4, -0.2) is 50.4 Å². The van der Waals surface area contributed by atoms with Crippen LogP contribution in [0, 0.1) is 0 Å². The van der Waals surface area contributed by atoms with Crippen molar-refractivity contribution in [2.24, 2.45) is 0 Å². The Balaban J connectivity index is 0. The molecule has 0 aliphatic rings. The Kier molecular flexibility index (Phi) is 6320. The van der Waals surface area contributed by atoms with Gasteiger partial charge in [0.1, 0.15) is 0 Å². The van der Waals surface area contributed by atoms with E-state index in [9.17, 15) is 0 Å². The molecule has 0 rings (SSSR count). The Morgan fingerprint density at radius 3 is 0.429 bits per heavy atom. The minimum atomic E-state index is 0. The van der Waals surface area contributed by atoms with Crippen molar-refractivity contribution in [1.29, 1.82) is 0 Å². The van der Waals surface area contributed by atoms with E-state index in [1.165, 1.54) is 0 Å². The molecule has 48 valence electrons. The summed E-state index contributed by atoms with van der Waals surface area (Å²) in [5, 5.41) is 0. The van der Waals surface area contributed by atoms with Gasteiger partial charge in [0.15, 0.2) is 0 Å². The van der Waals surface area contributed by atoms with Gasteiger partial charge in [0.25, 0.3) is 0 Å². The molecule has 0 spiro atoms. The molecule has 5 nitrogen and oxygen atoms in total. The first kappa shape index (κ1) is 260. The van der Waals surface area contributed by atoms with Crippen molar-refractivity contribution < 1.29 is 49.8 Å². The van der Waals surface area contributed by atoms with Gasteiger partial charge in [-0.1, -0.05) is 0 Å². The van der Waals surface area contributed by atoms with Crippen molar-refractivity contribution in [1.82, 2.24) is 0 Å². The zero-order valence-electron chi connectivity index (χ0n) is 3.24. The molecule has 0 radical (unpaired) electrons. The fourth-order valence-electron chi connectivity index (χ4n) is 0. The van der Waals surface area contributed by atoms with Crippen molar-refractivity contribution in [3.8, 4) is 0 Å². The van der Waals surface area contributed by atoms with Gasteiger partial charge in [0.2, 0.25) is 0 Å². The van der Waals surface area contributed by atoms with Gasteiger partial charge in [-0.25, -0.2) is 0 Å². The van der Waals surface area contributed by atoms with E-state index in [0.717, 1.165) is 0 Å². The number of rotatable bonds is 0. The first-order valence-electron chi connectivity index (χ1n) is 0. The van der Waals surface area contributed by atoms with E-state index in [-0.39, 0.29) is 72.8 Å². The van der Waals surface area contributed by atoms with Crippen molar-refractivity contribution >= 4 is 23.1 Å². The summed E-state index contributed by atoms with van der Waals surface area (Å²) in [6.45, 7) is 0. The minimum absolute atomic E-state index is 0. The molecule has 0 saturated heterocycles. The summed E-state index contributed by atoms with van der Waals surface area (Å²) in [5.74, 6) is 0. The standard InChI is InChI=1S/Au.Mg.5H2O/h;;5*1H2/q+3;+2;;;;;/p-5. The predicted octanol–water partition coefficient (Wildman–Crippen LogP) is -1.27. The molecule has 0 bridgehead atoms. The molecule has 0 fully saturated rings. The number of hydrogen-bond acceptors (Lipinski definition) is 5. The average Bonchev–Trinajstić information content (AvgIpc) is 0. The molecule has 0 aliphatic carbocycles. The van der Waals surface area contributed by atoms with Crippen molar-refractivity contribution in [2.75, 3.05) is 0 Å². The van der Waals surface area contributed by atoms with E-state index < -0.39 is 0 Å². The Bertz CT molecular complexity index is 8.04. The van der Waals surface area contributed by atoms with Gasteiger partial charge < -0.3 is 27.4 Å². The molecule has 7 heavy (non-hydrogen) atoms. The topological polar surface area (TPSA) is 150 Å². The molecular formula is H5AuMgO5. The van der Waals surface area contributed by atoms with E-state index >= 15 is 0 Å². The fourth-order valence-corrected chi connectivity index (χ4v) is 0. The van der Waals surface area contributed by atoms with E-state index in [1.54, 1.807) is 0 Å². The molecule has 0 aromatic heterocycles. The van der Waals surface area contributed by atoms with Gasteiger partial charge in [-0.2, -0.15) is 0 Å². The van der Waals surface area contributed by atoms with Crippen molar-refractivity contribution in [2.45, 2.75) is 0 Å². The van der Waals surface area contributed by atoms with Gasteiger partial charge in [-0.15, -0.1) is 0 Å². The Morgan fingerprint density at radius 2 is 0.429 bits per heavy atom. The number of hydrogen-bond donors (Lipinski definition) is 0. The molecule has 0 unspecified atom stereocenters. The first-order valence-corrected chi connectivity index (χ1v) is 0. The van der Waals surface area contributed by atoms with E-state index in [2.05, 4.69) is 0 Å². The smallest absolute Gasteiger partial charge is 0.870 e. The van der Waals surface area contributed by atoms with E-state index in [0.29, 0.717) is 0 Å². The normalized spacial score (nSPS) is 0. The van der Waals surface area contributed by atoms with Gasteiger partial charge in [-0.05, 0) is 0 Å². The van der Waals surface area contributed by atoms with Crippen LogP contribution in [0.1, 0.15) is 0 Å². The quantitative estimate of drug-likeness (QED) is 0.511. The second kappa shape index (κ2) is 170. The fraction of sp³-hybridized carbons (Fsp3) is 0. The largest absolute Gasteiger partial charge is 3.00 e. The van der Waals surface area contributed by atoms with Crippen molar-refractivity contribution in [3.05, 3.63) is 0 Å². The summed E-state index contributed by atoms with van der Waals surface area (Å²) in [7, 11) is 0. The molecule has 5 N–H and O–H groups in total. The third-order valence-electron chi connectivity index (χ3n) is 0. The van der Waals surface area contributed by atoms with Crippen LogP contribution >= 0.6 is 0 Å². The molecule has 0 aliphatic heterocycles. The molecule has 0 saturated carbocycles. The summed E-state index contributed by atoms with van der Waals surface area (Å²) in [5.41, 5.74) is 0. The van der Waals surface area contributed by atoms with Crippen LogP contribution < -0.4 is 0 Å². The van der Waals surface area contributed by atoms with Crippen LogP contribution in [0.4, 0.5) is 0 Å². The minimum Gasteiger partial charge on any atom is -0.870 e. The van der Waals surface area contributed by atoms with E-state index in [4.69, 9.17) is 0 Å². The van der Waals surface area contributed by atoms with Gasteiger partial charge in [0, 0.05) is 0 Å². The summed E-state index contributed by atoms with van der Waals surface area (Å²) in [4.78, 5) is 0. The van der Waals surface area contributed by atoms with Crippen LogP contribution in [-0.2, 0) is 22.4 Å². The Labute approximate surface area is 72.7 Å². The van der Waals surface area contributed by atoms with Crippen LogP contribution in [0.25, 0.3) is 0 Å². The maximum absolute atomic E-state index is 0. The maximum Gasteiger partial charge on any atom is 3.00 e. The van der Waals surface area contributed by atoms with E-state index in [1.807, 2.05) is 0 Å². The third kappa shape index (κ3) is 121. The third-order valence-corrected chi connectivity index (χ3v) is 0. The maximum atomic E-state index is 0. The summed E-state index contributed by atoms with van der Waals surface area (Å²) in [6.07, 6.45) is 0. The first-order chi connectivity index (χ1) is 0. The SMILES string of the molecule is [Au+3].[Mg+2].[OH-].[OH-].[OH-].[OH-].[OH-]. The summed E-state index contributed by atoms with van der Waals surface area (Å²) < 4.78 is 0.